The lowest BCUT2D eigenvalue weighted by Gasteiger charge is -2.16. The van der Waals surface area contributed by atoms with Crippen LogP contribution in [0.4, 0.5) is 0 Å². The number of sulfonamides is 1. The molecule has 26 heavy (non-hydrogen) atoms. The Morgan fingerprint density at radius 3 is 2.27 bits per heavy atom. The van der Waals surface area contributed by atoms with Crippen molar-refractivity contribution in [2.75, 3.05) is 20.7 Å². The minimum Gasteiger partial charge on any atom is -0.464 e. The number of benzene rings is 1. The Morgan fingerprint density at radius 1 is 1.15 bits per heavy atom. The lowest BCUT2D eigenvalue weighted by Crippen LogP contribution is -2.32. The first-order valence-corrected chi connectivity index (χ1v) is 9.35. The molecular formula is C18H22N2O5S. The van der Waals surface area contributed by atoms with Gasteiger partial charge in [-0.25, -0.2) is 13.2 Å². The third-order valence-corrected chi connectivity index (χ3v) is 6.22. The zero-order valence-corrected chi connectivity index (χ0v) is 16.3. The number of carbonyl (C=O) groups excluding carboxylic acids is 2. The van der Waals surface area contributed by atoms with Gasteiger partial charge in [0.25, 0.3) is 0 Å². The fourth-order valence-electron chi connectivity index (χ4n) is 2.91. The van der Waals surface area contributed by atoms with Crippen LogP contribution in [0.25, 0.3) is 0 Å². The summed E-state index contributed by atoms with van der Waals surface area (Å²) in [5, 5.41) is 0. The van der Waals surface area contributed by atoms with Crippen LogP contribution in [0.3, 0.4) is 0 Å². The molecule has 140 valence electrons. The average molecular weight is 378 g/mol. The van der Waals surface area contributed by atoms with E-state index in [0.717, 1.165) is 4.31 Å². The van der Waals surface area contributed by atoms with Crippen LogP contribution < -0.4 is 0 Å². The van der Waals surface area contributed by atoms with Crippen molar-refractivity contribution < 1.29 is 22.7 Å². The summed E-state index contributed by atoms with van der Waals surface area (Å²) in [5.41, 5.74) is 1.68. The normalized spacial score (nSPS) is 11.6. The van der Waals surface area contributed by atoms with Crippen molar-refractivity contribution in [1.29, 1.82) is 0 Å². The van der Waals surface area contributed by atoms with E-state index >= 15 is 0 Å². The summed E-state index contributed by atoms with van der Waals surface area (Å²) in [6.07, 6.45) is 0. The van der Waals surface area contributed by atoms with Gasteiger partial charge in [-0.3, -0.25) is 4.79 Å². The maximum atomic E-state index is 12.8. The van der Waals surface area contributed by atoms with Gasteiger partial charge in [0, 0.05) is 25.4 Å². The van der Waals surface area contributed by atoms with Crippen molar-refractivity contribution in [1.82, 2.24) is 8.87 Å². The van der Waals surface area contributed by atoms with Crippen LogP contribution in [0.1, 0.15) is 32.1 Å². The highest BCUT2D eigenvalue weighted by atomic mass is 32.2. The smallest absolute Gasteiger partial charge is 0.354 e. The molecule has 0 saturated carbocycles. The molecule has 0 aliphatic heterocycles. The van der Waals surface area contributed by atoms with Crippen molar-refractivity contribution in [3.8, 4) is 0 Å². The molecule has 0 amide bonds. The number of hydrogen-bond acceptors (Lipinski definition) is 5. The van der Waals surface area contributed by atoms with E-state index in [-0.39, 0.29) is 22.9 Å². The van der Waals surface area contributed by atoms with Crippen molar-refractivity contribution in [2.45, 2.75) is 18.7 Å². The van der Waals surface area contributed by atoms with E-state index in [4.69, 9.17) is 4.74 Å². The Bertz CT molecular complexity index is 946. The molecule has 0 spiro atoms. The molecule has 1 aromatic carbocycles. The lowest BCUT2D eigenvalue weighted by atomic mass is 10.1. The van der Waals surface area contributed by atoms with E-state index in [2.05, 4.69) is 0 Å². The number of methoxy groups -OCH3 is 1. The molecule has 8 heteroatoms. The molecule has 2 aromatic rings. The van der Waals surface area contributed by atoms with Gasteiger partial charge in [0.1, 0.15) is 5.69 Å². The van der Waals surface area contributed by atoms with Gasteiger partial charge in [0.2, 0.25) is 10.0 Å². The van der Waals surface area contributed by atoms with E-state index < -0.39 is 16.0 Å². The molecule has 0 atom stereocenters. The second kappa shape index (κ2) is 7.43. The van der Waals surface area contributed by atoms with Crippen molar-refractivity contribution in [3.63, 3.8) is 0 Å². The number of likely N-dealkylation sites (N-methyl/N-ethyl adjacent to an activating group) is 1. The molecule has 0 N–H and O–H groups in total. The first-order chi connectivity index (χ1) is 12.1. The Labute approximate surface area is 153 Å². The maximum absolute atomic E-state index is 12.8. The molecule has 7 nitrogen and oxygen atoms in total. The van der Waals surface area contributed by atoms with Gasteiger partial charge < -0.3 is 9.30 Å². The fourth-order valence-corrected chi connectivity index (χ4v) is 4.06. The Hall–Kier alpha value is -2.45. The Balaban J connectivity index is 2.35. The van der Waals surface area contributed by atoms with Crippen LogP contribution in [0.5, 0.6) is 0 Å². The Morgan fingerprint density at radius 2 is 1.73 bits per heavy atom. The van der Waals surface area contributed by atoms with Gasteiger partial charge in [0.15, 0.2) is 5.78 Å². The minimum atomic E-state index is -3.78. The molecule has 0 aliphatic carbocycles. The van der Waals surface area contributed by atoms with Crippen LogP contribution in [0.15, 0.2) is 35.2 Å². The van der Waals surface area contributed by atoms with Gasteiger partial charge in [-0.2, -0.15) is 4.31 Å². The van der Waals surface area contributed by atoms with Crippen molar-refractivity contribution >= 4 is 21.8 Å². The zero-order valence-electron chi connectivity index (χ0n) is 15.4. The molecule has 1 heterocycles. The first-order valence-electron chi connectivity index (χ1n) is 7.91. The molecule has 0 unspecified atom stereocenters. The number of Topliss-reactive ketones (excluding diaryl/α,β-unsaturated/α-hetero) is 1. The van der Waals surface area contributed by atoms with Crippen LogP contribution in [0, 0.1) is 13.8 Å². The topological polar surface area (TPSA) is 85.7 Å². The van der Waals surface area contributed by atoms with Crippen molar-refractivity contribution in [2.24, 2.45) is 7.05 Å². The van der Waals surface area contributed by atoms with E-state index in [9.17, 15) is 18.0 Å². The number of rotatable bonds is 6. The standard InChI is InChI=1S/C18H22N2O5S/c1-12-16(13(2)20(4)17(12)18(22)25-5)15(21)11-19(3)26(23,24)14-9-7-6-8-10-14/h6-10H,11H2,1-5H3. The summed E-state index contributed by atoms with van der Waals surface area (Å²) in [4.78, 5) is 24.8. The third kappa shape index (κ3) is 3.42. The second-order valence-corrected chi connectivity index (χ2v) is 8.03. The largest absolute Gasteiger partial charge is 0.464 e. The van der Waals surface area contributed by atoms with E-state index in [1.165, 1.54) is 26.3 Å². The van der Waals surface area contributed by atoms with Crippen LogP contribution in [0.2, 0.25) is 0 Å². The van der Waals surface area contributed by atoms with Crippen LogP contribution in [-0.4, -0.2) is 49.7 Å². The average Bonchev–Trinajstić information content (AvgIpc) is 2.84. The van der Waals surface area contributed by atoms with Gasteiger partial charge in [-0.05, 0) is 31.5 Å². The maximum Gasteiger partial charge on any atom is 0.354 e. The summed E-state index contributed by atoms with van der Waals surface area (Å²) in [7, 11) is 0.510. The zero-order chi connectivity index (χ0) is 19.6. The van der Waals surface area contributed by atoms with E-state index in [1.54, 1.807) is 43.7 Å². The quantitative estimate of drug-likeness (QED) is 0.566. The number of ketones is 1. The molecule has 1 aromatic heterocycles. The van der Waals surface area contributed by atoms with Gasteiger partial charge in [0.05, 0.1) is 18.6 Å². The van der Waals surface area contributed by atoms with E-state index in [1.807, 2.05) is 0 Å². The minimum absolute atomic E-state index is 0.118. The highest BCUT2D eigenvalue weighted by molar-refractivity contribution is 7.89. The van der Waals surface area contributed by atoms with Crippen LogP contribution >= 0.6 is 0 Å². The monoisotopic (exact) mass is 378 g/mol. The first kappa shape index (κ1) is 19.9. The number of aromatic nitrogens is 1. The van der Waals surface area contributed by atoms with E-state index in [0.29, 0.717) is 16.8 Å². The molecule has 0 bridgehead atoms. The predicted molar refractivity (Wildman–Crippen MR) is 96.8 cm³/mol. The Kier molecular flexibility index (Phi) is 5.68. The molecule has 0 fully saturated rings. The van der Waals surface area contributed by atoms with Gasteiger partial charge in [-0.15, -0.1) is 0 Å². The molecule has 0 saturated heterocycles. The molecule has 2 rings (SSSR count). The number of ether oxygens (including phenoxy) is 1. The highest BCUT2D eigenvalue weighted by Gasteiger charge is 2.28. The molecule has 0 aliphatic rings. The predicted octanol–water partition coefficient (Wildman–Crippen LogP) is 1.93. The number of esters is 1. The SMILES string of the molecule is COC(=O)c1c(C)c(C(=O)CN(C)S(=O)(=O)c2ccccc2)c(C)n1C. The van der Waals surface area contributed by atoms with Crippen molar-refractivity contribution in [3.05, 3.63) is 52.8 Å². The lowest BCUT2D eigenvalue weighted by molar-refractivity contribution is 0.0588. The number of carbonyl (C=O) groups is 2. The van der Waals surface area contributed by atoms with Gasteiger partial charge in [-0.1, -0.05) is 18.2 Å². The second-order valence-electron chi connectivity index (χ2n) is 5.98. The summed E-state index contributed by atoms with van der Waals surface area (Å²) < 4.78 is 32.5. The summed E-state index contributed by atoms with van der Waals surface area (Å²) in [6.45, 7) is 3.03. The van der Waals surface area contributed by atoms with Gasteiger partial charge >= 0.3 is 5.97 Å². The third-order valence-electron chi connectivity index (χ3n) is 4.41. The fraction of sp³-hybridized carbons (Fsp3) is 0.333. The molecular weight excluding hydrogens is 356 g/mol. The van der Waals surface area contributed by atoms with Crippen LogP contribution in [-0.2, 0) is 21.8 Å². The summed E-state index contributed by atoms with van der Waals surface area (Å²) in [5.74, 6) is -0.926. The summed E-state index contributed by atoms with van der Waals surface area (Å²) in [6, 6.07) is 7.91. The number of nitrogens with zero attached hydrogens (tertiary/aromatic N) is 2. The molecule has 0 radical (unpaired) electrons. The number of hydrogen-bond donors (Lipinski definition) is 0. The summed E-state index contributed by atoms with van der Waals surface area (Å²) >= 11 is 0. The highest BCUT2D eigenvalue weighted by Crippen LogP contribution is 2.23.